The fraction of sp³-hybridized carbons (Fsp3) is 0.538. The Hall–Kier alpha value is -0.820. The van der Waals surface area contributed by atoms with E-state index in [1.54, 1.807) is 25.3 Å². The predicted molar refractivity (Wildman–Crippen MR) is 83.3 cm³/mol. The van der Waals surface area contributed by atoms with Crippen LogP contribution in [0, 0.1) is 6.92 Å². The van der Waals surface area contributed by atoms with Gasteiger partial charge in [-0.2, -0.15) is 0 Å². The summed E-state index contributed by atoms with van der Waals surface area (Å²) in [6.07, 6.45) is 1.03. The van der Waals surface area contributed by atoms with Crippen molar-refractivity contribution in [1.29, 1.82) is 0 Å². The number of sulfonamides is 1. The minimum absolute atomic E-state index is 0. The topological polar surface area (TPSA) is 67.4 Å². The molecule has 0 aliphatic heterocycles. The smallest absolute Gasteiger partial charge is 0.240 e. The van der Waals surface area contributed by atoms with Gasteiger partial charge in [-0.15, -0.1) is 12.4 Å². The molecule has 1 aromatic rings. The molecule has 7 heteroatoms. The highest BCUT2D eigenvalue weighted by Crippen LogP contribution is 2.20. The molecule has 0 fully saturated rings. The molecule has 0 amide bonds. The molecule has 0 heterocycles. The monoisotopic (exact) mass is 322 g/mol. The summed E-state index contributed by atoms with van der Waals surface area (Å²) in [4.78, 5) is 0.265. The second-order valence-corrected chi connectivity index (χ2v) is 6.05. The van der Waals surface area contributed by atoms with Crippen LogP contribution in [0.1, 0.15) is 18.9 Å². The van der Waals surface area contributed by atoms with E-state index in [1.807, 2.05) is 6.92 Å². The molecule has 116 valence electrons. The Morgan fingerprint density at radius 3 is 2.45 bits per heavy atom. The summed E-state index contributed by atoms with van der Waals surface area (Å²) < 4.78 is 31.8. The molecular weight excluding hydrogens is 300 g/mol. The van der Waals surface area contributed by atoms with Crippen LogP contribution in [-0.2, 0) is 10.0 Å². The molecule has 0 saturated carbocycles. The zero-order valence-corrected chi connectivity index (χ0v) is 13.7. The molecule has 0 aliphatic rings. The van der Waals surface area contributed by atoms with Crippen molar-refractivity contribution in [2.45, 2.75) is 25.2 Å². The summed E-state index contributed by atoms with van der Waals surface area (Å²) in [7, 11) is -1.88. The SMILES string of the molecule is CCCNCCNS(=O)(=O)c1ccc(OC)c(C)c1.Cl. The van der Waals surface area contributed by atoms with Crippen molar-refractivity contribution in [2.75, 3.05) is 26.7 Å². The van der Waals surface area contributed by atoms with Gasteiger partial charge in [-0.1, -0.05) is 6.92 Å². The maximum absolute atomic E-state index is 12.0. The fourth-order valence-corrected chi connectivity index (χ4v) is 2.79. The first-order valence-corrected chi connectivity index (χ1v) is 7.84. The van der Waals surface area contributed by atoms with Crippen molar-refractivity contribution in [3.05, 3.63) is 23.8 Å². The minimum atomic E-state index is -3.44. The molecule has 1 aromatic carbocycles. The summed E-state index contributed by atoms with van der Waals surface area (Å²) in [5.41, 5.74) is 0.800. The Morgan fingerprint density at radius 1 is 1.20 bits per heavy atom. The molecule has 0 saturated heterocycles. The molecule has 0 aliphatic carbocycles. The number of benzene rings is 1. The number of halogens is 1. The van der Waals surface area contributed by atoms with Crippen molar-refractivity contribution in [3.63, 3.8) is 0 Å². The molecule has 0 spiro atoms. The van der Waals surface area contributed by atoms with E-state index in [2.05, 4.69) is 17.0 Å². The van der Waals surface area contributed by atoms with Crippen LogP contribution in [0.3, 0.4) is 0 Å². The van der Waals surface area contributed by atoms with Crippen LogP contribution in [0.15, 0.2) is 23.1 Å². The summed E-state index contributed by atoms with van der Waals surface area (Å²) >= 11 is 0. The Kier molecular flexibility index (Phi) is 8.80. The zero-order valence-electron chi connectivity index (χ0n) is 12.1. The van der Waals surface area contributed by atoms with Gasteiger partial charge in [0.1, 0.15) is 5.75 Å². The molecule has 20 heavy (non-hydrogen) atoms. The number of hydrogen-bond donors (Lipinski definition) is 2. The summed E-state index contributed by atoms with van der Waals surface area (Å²) in [5.74, 6) is 0.684. The third-order valence-electron chi connectivity index (χ3n) is 2.70. The first-order chi connectivity index (χ1) is 9.01. The van der Waals surface area contributed by atoms with Crippen LogP contribution in [-0.4, -0.2) is 35.2 Å². The molecule has 0 unspecified atom stereocenters. The minimum Gasteiger partial charge on any atom is -0.496 e. The Labute approximate surface area is 127 Å². The van der Waals surface area contributed by atoms with E-state index in [0.29, 0.717) is 18.8 Å². The highest BCUT2D eigenvalue weighted by molar-refractivity contribution is 7.89. The number of rotatable bonds is 8. The molecule has 0 radical (unpaired) electrons. The maximum Gasteiger partial charge on any atom is 0.240 e. The van der Waals surface area contributed by atoms with Crippen LogP contribution in [0.4, 0.5) is 0 Å². The first-order valence-electron chi connectivity index (χ1n) is 6.36. The van der Waals surface area contributed by atoms with Gasteiger partial charge in [-0.05, 0) is 43.7 Å². The Bertz CT molecular complexity index is 506. The van der Waals surface area contributed by atoms with Crippen LogP contribution >= 0.6 is 12.4 Å². The van der Waals surface area contributed by atoms with Crippen LogP contribution < -0.4 is 14.8 Å². The van der Waals surface area contributed by atoms with Gasteiger partial charge in [-0.25, -0.2) is 13.1 Å². The summed E-state index contributed by atoms with van der Waals surface area (Å²) in [5, 5.41) is 3.14. The number of hydrogen-bond acceptors (Lipinski definition) is 4. The number of ether oxygens (including phenoxy) is 1. The van der Waals surface area contributed by atoms with Crippen molar-refractivity contribution < 1.29 is 13.2 Å². The lowest BCUT2D eigenvalue weighted by atomic mass is 10.2. The van der Waals surface area contributed by atoms with Gasteiger partial charge in [0.15, 0.2) is 0 Å². The van der Waals surface area contributed by atoms with Gasteiger partial charge >= 0.3 is 0 Å². The summed E-state index contributed by atoms with van der Waals surface area (Å²) in [6, 6.07) is 4.83. The first kappa shape index (κ1) is 19.2. The zero-order chi connectivity index (χ0) is 14.3. The fourth-order valence-electron chi connectivity index (χ4n) is 1.68. The predicted octanol–water partition coefficient (Wildman–Crippen LogP) is 1.70. The molecule has 0 aromatic heterocycles. The second-order valence-electron chi connectivity index (χ2n) is 4.28. The molecule has 1 rings (SSSR count). The molecule has 2 N–H and O–H groups in total. The van der Waals surface area contributed by atoms with Crippen LogP contribution in [0.2, 0.25) is 0 Å². The second kappa shape index (κ2) is 9.18. The number of aryl methyl sites for hydroxylation is 1. The lowest BCUT2D eigenvalue weighted by molar-refractivity contribution is 0.411. The van der Waals surface area contributed by atoms with Crippen molar-refractivity contribution in [1.82, 2.24) is 10.0 Å². The molecule has 5 nitrogen and oxygen atoms in total. The van der Waals surface area contributed by atoms with E-state index >= 15 is 0 Å². The van der Waals surface area contributed by atoms with Crippen molar-refractivity contribution >= 4 is 22.4 Å². The van der Waals surface area contributed by atoms with Gasteiger partial charge in [-0.3, -0.25) is 0 Å². The highest BCUT2D eigenvalue weighted by Gasteiger charge is 2.14. The Morgan fingerprint density at radius 2 is 1.90 bits per heavy atom. The number of methoxy groups -OCH3 is 1. The lowest BCUT2D eigenvalue weighted by Crippen LogP contribution is -2.32. The van der Waals surface area contributed by atoms with Crippen molar-refractivity contribution in [2.24, 2.45) is 0 Å². The van der Waals surface area contributed by atoms with E-state index in [4.69, 9.17) is 4.74 Å². The van der Waals surface area contributed by atoms with Gasteiger partial charge in [0, 0.05) is 13.1 Å². The molecule has 0 atom stereocenters. The third-order valence-corrected chi connectivity index (χ3v) is 4.16. The van der Waals surface area contributed by atoms with E-state index in [0.717, 1.165) is 18.5 Å². The van der Waals surface area contributed by atoms with Gasteiger partial charge < -0.3 is 10.1 Å². The molecule has 0 bridgehead atoms. The lowest BCUT2D eigenvalue weighted by Gasteiger charge is -2.10. The van der Waals surface area contributed by atoms with E-state index in [9.17, 15) is 8.42 Å². The van der Waals surface area contributed by atoms with E-state index in [1.165, 1.54) is 0 Å². The Balaban J connectivity index is 0.00000361. The normalized spacial score (nSPS) is 10.9. The third kappa shape index (κ3) is 5.66. The maximum atomic E-state index is 12.0. The van der Waals surface area contributed by atoms with Crippen LogP contribution in [0.25, 0.3) is 0 Å². The average molecular weight is 323 g/mol. The quantitative estimate of drug-likeness (QED) is 0.715. The average Bonchev–Trinajstić information content (AvgIpc) is 2.38. The molecular formula is C13H23ClN2O3S. The van der Waals surface area contributed by atoms with Gasteiger partial charge in [0.2, 0.25) is 10.0 Å². The summed E-state index contributed by atoms with van der Waals surface area (Å²) in [6.45, 7) is 5.79. The van der Waals surface area contributed by atoms with E-state index in [-0.39, 0.29) is 17.3 Å². The van der Waals surface area contributed by atoms with Gasteiger partial charge in [0.05, 0.1) is 12.0 Å². The van der Waals surface area contributed by atoms with Gasteiger partial charge in [0.25, 0.3) is 0 Å². The largest absolute Gasteiger partial charge is 0.496 e. The van der Waals surface area contributed by atoms with E-state index < -0.39 is 10.0 Å². The van der Waals surface area contributed by atoms with Crippen LogP contribution in [0.5, 0.6) is 5.75 Å². The number of nitrogens with one attached hydrogen (secondary N) is 2. The highest BCUT2D eigenvalue weighted by atomic mass is 35.5. The standard InChI is InChI=1S/C13H22N2O3S.ClH/c1-4-7-14-8-9-15-19(16,17)12-5-6-13(18-3)11(2)10-12;/h5-6,10,14-15H,4,7-9H2,1-3H3;1H. The van der Waals surface area contributed by atoms with Crippen molar-refractivity contribution in [3.8, 4) is 5.75 Å².